The summed E-state index contributed by atoms with van der Waals surface area (Å²) in [6, 6.07) is 9.61. The average Bonchev–Trinajstić information content (AvgIpc) is 2.56. The quantitative estimate of drug-likeness (QED) is 0.900. The largest absolute Gasteiger partial charge is 0.378 e. The maximum atomic E-state index is 12.2. The lowest BCUT2D eigenvalue weighted by molar-refractivity contribution is -0.117. The van der Waals surface area contributed by atoms with E-state index in [0.717, 1.165) is 29.3 Å². The van der Waals surface area contributed by atoms with Crippen LogP contribution in [0, 0.1) is 6.92 Å². The van der Waals surface area contributed by atoms with Gasteiger partial charge in [-0.15, -0.1) is 0 Å². The van der Waals surface area contributed by atoms with Crippen LogP contribution >= 0.6 is 0 Å². The fourth-order valence-electron chi connectivity index (χ4n) is 2.56. The molecule has 1 amide bonds. The van der Waals surface area contributed by atoms with Crippen LogP contribution in [0.15, 0.2) is 36.5 Å². The summed E-state index contributed by atoms with van der Waals surface area (Å²) in [7, 11) is 0. The molecule has 1 aromatic heterocycles. The summed E-state index contributed by atoms with van der Waals surface area (Å²) in [6.45, 7) is 3.93. The zero-order chi connectivity index (χ0) is 16.1. The van der Waals surface area contributed by atoms with Gasteiger partial charge in [0.25, 0.3) is 0 Å². The predicted octanol–water partition coefficient (Wildman–Crippen LogP) is 1.77. The summed E-state index contributed by atoms with van der Waals surface area (Å²) in [5.41, 5.74) is 2.56. The molecule has 0 radical (unpaired) electrons. The maximum Gasteiger partial charge on any atom is 0.226 e. The molecule has 1 saturated heterocycles. The number of nitrogens with one attached hydrogen (secondary N) is 2. The van der Waals surface area contributed by atoms with Gasteiger partial charge in [-0.2, -0.15) is 0 Å². The predicted molar refractivity (Wildman–Crippen MR) is 88.1 cm³/mol. The van der Waals surface area contributed by atoms with E-state index in [9.17, 15) is 4.79 Å². The van der Waals surface area contributed by atoms with Gasteiger partial charge < -0.3 is 15.4 Å². The number of morpholine rings is 1. The van der Waals surface area contributed by atoms with E-state index in [-0.39, 0.29) is 11.9 Å². The third kappa shape index (κ3) is 4.34. The molecule has 1 fully saturated rings. The smallest absolute Gasteiger partial charge is 0.226 e. The Bertz CT molecular complexity index is 684. The summed E-state index contributed by atoms with van der Waals surface area (Å²) >= 11 is 0. The molecule has 6 heteroatoms. The minimum absolute atomic E-state index is 0.0241. The van der Waals surface area contributed by atoms with E-state index in [0.29, 0.717) is 19.6 Å². The lowest BCUT2D eigenvalue weighted by Gasteiger charge is -2.23. The number of anilines is 1. The number of amides is 1. The number of hydrogen-bond donors (Lipinski definition) is 2. The van der Waals surface area contributed by atoms with E-state index in [1.54, 1.807) is 6.20 Å². The van der Waals surface area contributed by atoms with E-state index in [1.807, 2.05) is 37.3 Å². The first kappa shape index (κ1) is 15.6. The lowest BCUT2D eigenvalue weighted by Crippen LogP contribution is -2.43. The van der Waals surface area contributed by atoms with Crippen molar-refractivity contribution in [1.82, 2.24) is 15.3 Å². The summed E-state index contributed by atoms with van der Waals surface area (Å²) < 4.78 is 5.36. The summed E-state index contributed by atoms with van der Waals surface area (Å²) in [5.74, 6) is 0.698. The van der Waals surface area contributed by atoms with E-state index >= 15 is 0 Å². The van der Waals surface area contributed by atoms with Crippen molar-refractivity contribution in [2.24, 2.45) is 0 Å². The van der Waals surface area contributed by atoms with Crippen LogP contribution < -0.4 is 10.6 Å². The van der Waals surface area contributed by atoms with Gasteiger partial charge in [0, 0.05) is 36.5 Å². The molecule has 0 saturated carbocycles. The third-order valence-electron chi connectivity index (χ3n) is 3.65. The highest BCUT2D eigenvalue weighted by molar-refractivity contribution is 5.91. The van der Waals surface area contributed by atoms with Crippen LogP contribution in [-0.4, -0.2) is 41.7 Å². The lowest BCUT2D eigenvalue weighted by atomic mass is 10.1. The molecule has 2 heterocycles. The number of carbonyl (C=O) groups is 1. The summed E-state index contributed by atoms with van der Waals surface area (Å²) in [6.07, 6.45) is 2.13. The van der Waals surface area contributed by atoms with Crippen LogP contribution in [0.4, 0.5) is 5.69 Å². The summed E-state index contributed by atoms with van der Waals surface area (Å²) in [5, 5.41) is 6.21. The van der Waals surface area contributed by atoms with Crippen LogP contribution in [0.2, 0.25) is 0 Å². The highest BCUT2D eigenvalue weighted by Crippen LogP contribution is 2.20. The highest BCUT2D eigenvalue weighted by atomic mass is 16.5. The Morgan fingerprint density at radius 2 is 2.35 bits per heavy atom. The van der Waals surface area contributed by atoms with Gasteiger partial charge >= 0.3 is 0 Å². The van der Waals surface area contributed by atoms with Crippen molar-refractivity contribution < 1.29 is 9.53 Å². The second-order valence-electron chi connectivity index (χ2n) is 5.55. The third-order valence-corrected chi connectivity index (χ3v) is 3.65. The van der Waals surface area contributed by atoms with Crippen LogP contribution in [0.5, 0.6) is 0 Å². The molecule has 3 rings (SSSR count). The van der Waals surface area contributed by atoms with Crippen molar-refractivity contribution in [3.63, 3.8) is 0 Å². The molecule has 0 bridgehead atoms. The Kier molecular flexibility index (Phi) is 4.95. The number of carbonyl (C=O) groups excluding carboxylic acids is 1. The fourth-order valence-corrected chi connectivity index (χ4v) is 2.56. The monoisotopic (exact) mass is 312 g/mol. The molecule has 0 aliphatic carbocycles. The second kappa shape index (κ2) is 7.30. The second-order valence-corrected chi connectivity index (χ2v) is 5.55. The molecule has 2 aromatic rings. The standard InChI is InChI=1S/C17H20N4O2/c1-12-18-6-5-16(20-12)13-3-2-4-14(9-13)21-17(22)10-15-11-23-8-7-19-15/h2-6,9,15,19H,7-8,10-11H2,1H3,(H,21,22)/t15-/m1/s1. The number of ether oxygens (including phenoxy) is 1. The zero-order valence-electron chi connectivity index (χ0n) is 13.1. The molecular weight excluding hydrogens is 292 g/mol. The van der Waals surface area contributed by atoms with Gasteiger partial charge in [0.05, 0.1) is 18.9 Å². The minimum atomic E-state index is -0.0241. The van der Waals surface area contributed by atoms with E-state index in [4.69, 9.17) is 4.74 Å². The van der Waals surface area contributed by atoms with Crippen molar-refractivity contribution in [2.45, 2.75) is 19.4 Å². The molecule has 1 aromatic carbocycles. The molecule has 23 heavy (non-hydrogen) atoms. The van der Waals surface area contributed by atoms with Gasteiger partial charge in [-0.3, -0.25) is 4.79 Å². The molecule has 1 aliphatic heterocycles. The molecule has 1 atom stereocenters. The fraction of sp³-hybridized carbons (Fsp3) is 0.353. The van der Waals surface area contributed by atoms with Gasteiger partial charge in [0.1, 0.15) is 5.82 Å². The Labute approximate surface area is 135 Å². The van der Waals surface area contributed by atoms with Gasteiger partial charge in [-0.25, -0.2) is 9.97 Å². The topological polar surface area (TPSA) is 76.1 Å². The number of hydrogen-bond acceptors (Lipinski definition) is 5. The Balaban J connectivity index is 1.66. The number of rotatable bonds is 4. The maximum absolute atomic E-state index is 12.2. The Hall–Kier alpha value is -2.31. The van der Waals surface area contributed by atoms with E-state index in [1.165, 1.54) is 0 Å². The minimum Gasteiger partial charge on any atom is -0.378 e. The van der Waals surface area contributed by atoms with Crippen LogP contribution in [0.25, 0.3) is 11.3 Å². The SMILES string of the molecule is Cc1nccc(-c2cccc(NC(=O)C[C@@H]3COCCN3)c2)n1. The average molecular weight is 312 g/mol. The normalized spacial score (nSPS) is 17.7. The molecule has 2 N–H and O–H groups in total. The van der Waals surface area contributed by atoms with E-state index < -0.39 is 0 Å². The first-order valence-corrected chi connectivity index (χ1v) is 7.72. The number of nitrogens with zero attached hydrogens (tertiary/aromatic N) is 2. The Morgan fingerprint density at radius 3 is 3.13 bits per heavy atom. The van der Waals surface area contributed by atoms with Crippen molar-refractivity contribution in [3.05, 3.63) is 42.4 Å². The van der Waals surface area contributed by atoms with Crippen molar-refractivity contribution in [2.75, 3.05) is 25.1 Å². The highest BCUT2D eigenvalue weighted by Gasteiger charge is 2.17. The molecule has 0 spiro atoms. The molecule has 120 valence electrons. The van der Waals surface area contributed by atoms with Crippen LogP contribution in [0.3, 0.4) is 0 Å². The van der Waals surface area contributed by atoms with Crippen molar-refractivity contribution in [1.29, 1.82) is 0 Å². The molecule has 0 unspecified atom stereocenters. The molecular formula is C17H20N4O2. The van der Waals surface area contributed by atoms with Crippen molar-refractivity contribution in [3.8, 4) is 11.3 Å². The van der Waals surface area contributed by atoms with Gasteiger partial charge in [0.2, 0.25) is 5.91 Å². The Morgan fingerprint density at radius 1 is 1.43 bits per heavy atom. The zero-order valence-corrected chi connectivity index (χ0v) is 13.1. The van der Waals surface area contributed by atoms with E-state index in [2.05, 4.69) is 20.6 Å². The molecule has 6 nitrogen and oxygen atoms in total. The number of benzene rings is 1. The number of aryl methyl sites for hydroxylation is 1. The van der Waals surface area contributed by atoms with Crippen molar-refractivity contribution >= 4 is 11.6 Å². The first-order valence-electron chi connectivity index (χ1n) is 7.72. The number of aromatic nitrogens is 2. The van der Waals surface area contributed by atoms with Gasteiger partial charge in [-0.05, 0) is 25.1 Å². The van der Waals surface area contributed by atoms with Gasteiger partial charge in [0.15, 0.2) is 0 Å². The van der Waals surface area contributed by atoms with Crippen LogP contribution in [-0.2, 0) is 9.53 Å². The molecule has 1 aliphatic rings. The summed E-state index contributed by atoms with van der Waals surface area (Å²) in [4.78, 5) is 20.7. The van der Waals surface area contributed by atoms with Crippen LogP contribution in [0.1, 0.15) is 12.2 Å². The first-order chi connectivity index (χ1) is 11.2. The van der Waals surface area contributed by atoms with Gasteiger partial charge in [-0.1, -0.05) is 12.1 Å².